The van der Waals surface area contributed by atoms with E-state index in [0.717, 1.165) is 26.2 Å². The van der Waals surface area contributed by atoms with E-state index in [0.29, 0.717) is 18.9 Å². The molecule has 0 atom stereocenters. The van der Waals surface area contributed by atoms with E-state index in [1.165, 1.54) is 21.3 Å². The number of nitro groups is 1. The maximum Gasteiger partial charge on any atom is 0.270 e. The largest absolute Gasteiger partial charge is 0.379 e. The van der Waals surface area contributed by atoms with Gasteiger partial charge in [-0.2, -0.15) is 4.31 Å². The number of ether oxygens (including phenoxy) is 1. The SMILES string of the molecule is C[NH+]1CCN(c2ccc([N+](=O)[O-])cc2S(=O)(=O)N2CCOCC2)CC1. The summed E-state index contributed by atoms with van der Waals surface area (Å²) in [5.41, 5.74) is 0.333. The maximum atomic E-state index is 13.1. The van der Waals surface area contributed by atoms with Crippen LogP contribution >= 0.6 is 0 Å². The third-order valence-electron chi connectivity index (χ3n) is 4.70. The number of morpholine rings is 1. The third kappa shape index (κ3) is 3.76. The van der Waals surface area contributed by atoms with Crippen molar-refractivity contribution >= 4 is 21.4 Å². The van der Waals surface area contributed by atoms with Crippen molar-refractivity contribution in [3.63, 3.8) is 0 Å². The van der Waals surface area contributed by atoms with E-state index in [9.17, 15) is 18.5 Å². The average Bonchev–Trinajstić information content (AvgIpc) is 2.62. The molecule has 9 nitrogen and oxygen atoms in total. The standard InChI is InChI=1S/C15H22N4O5S/c1-16-4-6-17(7-5-16)14-3-2-13(19(20)21)12-15(14)25(22,23)18-8-10-24-11-9-18/h2-3,12H,4-11H2,1H3/p+1. The van der Waals surface area contributed by atoms with Crippen LogP contribution in [0.4, 0.5) is 11.4 Å². The van der Waals surface area contributed by atoms with Crippen molar-refractivity contribution in [1.29, 1.82) is 0 Å². The molecule has 0 unspecified atom stereocenters. The molecule has 0 aliphatic carbocycles. The molecule has 1 aromatic rings. The number of rotatable bonds is 4. The first kappa shape index (κ1) is 18.1. The first-order valence-corrected chi connectivity index (χ1v) is 9.76. The van der Waals surface area contributed by atoms with Crippen LogP contribution in [0.3, 0.4) is 0 Å². The van der Waals surface area contributed by atoms with Gasteiger partial charge in [-0.1, -0.05) is 0 Å². The van der Waals surface area contributed by atoms with Gasteiger partial charge in [-0.25, -0.2) is 8.42 Å². The van der Waals surface area contributed by atoms with E-state index in [-0.39, 0.29) is 23.7 Å². The number of anilines is 1. The Bertz CT molecular complexity index is 740. The van der Waals surface area contributed by atoms with Crippen LogP contribution in [0.2, 0.25) is 0 Å². The van der Waals surface area contributed by atoms with E-state index in [4.69, 9.17) is 4.74 Å². The zero-order valence-corrected chi connectivity index (χ0v) is 15.0. The van der Waals surface area contributed by atoms with Crippen LogP contribution in [-0.2, 0) is 14.8 Å². The number of benzene rings is 1. The minimum Gasteiger partial charge on any atom is -0.379 e. The Kier molecular flexibility index (Phi) is 5.23. The molecule has 0 saturated carbocycles. The van der Waals surface area contributed by atoms with E-state index in [2.05, 4.69) is 7.05 Å². The molecule has 3 rings (SSSR count). The number of hydrogen-bond acceptors (Lipinski definition) is 6. The van der Waals surface area contributed by atoms with Crippen LogP contribution in [0.1, 0.15) is 0 Å². The molecule has 1 N–H and O–H groups in total. The second-order valence-corrected chi connectivity index (χ2v) is 8.28. The van der Waals surface area contributed by atoms with Gasteiger partial charge in [0.25, 0.3) is 5.69 Å². The second kappa shape index (κ2) is 7.24. The van der Waals surface area contributed by atoms with Gasteiger partial charge in [-0.05, 0) is 6.07 Å². The molecule has 2 aliphatic heterocycles. The maximum absolute atomic E-state index is 13.1. The van der Waals surface area contributed by atoms with Gasteiger partial charge in [0.1, 0.15) is 4.90 Å². The van der Waals surface area contributed by atoms with Crippen molar-refractivity contribution < 1.29 is 23.0 Å². The van der Waals surface area contributed by atoms with E-state index in [1.807, 2.05) is 4.90 Å². The van der Waals surface area contributed by atoms with Crippen LogP contribution in [0.5, 0.6) is 0 Å². The van der Waals surface area contributed by atoms with Gasteiger partial charge in [0.2, 0.25) is 10.0 Å². The van der Waals surface area contributed by atoms with Gasteiger partial charge < -0.3 is 14.5 Å². The summed E-state index contributed by atoms with van der Waals surface area (Å²) in [4.78, 5) is 14.0. The topological polar surface area (TPSA) is 97.4 Å². The molecule has 10 heteroatoms. The molecule has 138 valence electrons. The predicted molar refractivity (Wildman–Crippen MR) is 91.5 cm³/mol. The number of non-ortho nitro benzene ring substituents is 1. The van der Waals surface area contributed by atoms with Crippen molar-refractivity contribution in [1.82, 2.24) is 4.31 Å². The van der Waals surface area contributed by atoms with Crippen molar-refractivity contribution in [2.24, 2.45) is 0 Å². The number of sulfonamides is 1. The third-order valence-corrected chi connectivity index (χ3v) is 6.63. The molecule has 1 aromatic carbocycles. The zero-order chi connectivity index (χ0) is 18.0. The van der Waals surface area contributed by atoms with Crippen LogP contribution < -0.4 is 9.80 Å². The van der Waals surface area contributed by atoms with E-state index < -0.39 is 14.9 Å². The normalized spacial score (nSPS) is 20.6. The zero-order valence-electron chi connectivity index (χ0n) is 14.2. The molecule has 0 amide bonds. The van der Waals surface area contributed by atoms with E-state index in [1.54, 1.807) is 6.07 Å². The van der Waals surface area contributed by atoms with Crippen LogP contribution in [-0.4, -0.2) is 77.2 Å². The predicted octanol–water partition coefficient (Wildman–Crippen LogP) is -1.05. The van der Waals surface area contributed by atoms with Crippen molar-refractivity contribution in [3.8, 4) is 0 Å². The van der Waals surface area contributed by atoms with Gasteiger partial charge in [0, 0.05) is 25.2 Å². The molecule has 0 bridgehead atoms. The number of nitrogens with zero attached hydrogens (tertiary/aromatic N) is 3. The minimum atomic E-state index is -3.81. The Labute approximate surface area is 147 Å². The molecule has 0 spiro atoms. The average molecular weight is 371 g/mol. The van der Waals surface area contributed by atoms with Crippen molar-refractivity contribution in [2.45, 2.75) is 4.90 Å². The quantitative estimate of drug-likeness (QED) is 0.536. The number of likely N-dealkylation sites (N-methyl/N-ethyl adjacent to an activating group) is 1. The fourth-order valence-electron chi connectivity index (χ4n) is 3.14. The Balaban J connectivity index is 2.02. The molecule has 2 aliphatic rings. The molecule has 0 aromatic heterocycles. The highest BCUT2D eigenvalue weighted by Gasteiger charge is 2.32. The lowest BCUT2D eigenvalue weighted by molar-refractivity contribution is -0.880. The number of quaternary nitrogens is 1. The lowest BCUT2D eigenvalue weighted by Crippen LogP contribution is -3.12. The van der Waals surface area contributed by atoms with E-state index >= 15 is 0 Å². The highest BCUT2D eigenvalue weighted by Crippen LogP contribution is 2.32. The summed E-state index contributed by atoms with van der Waals surface area (Å²) in [6.07, 6.45) is 0. The summed E-state index contributed by atoms with van der Waals surface area (Å²) < 4.78 is 32.8. The monoisotopic (exact) mass is 371 g/mol. The van der Waals surface area contributed by atoms with Crippen molar-refractivity contribution in [3.05, 3.63) is 28.3 Å². The lowest BCUT2D eigenvalue weighted by Gasteiger charge is -2.34. The Hall–Kier alpha value is -1.75. The molecular weight excluding hydrogens is 348 g/mol. The summed E-state index contributed by atoms with van der Waals surface area (Å²) >= 11 is 0. The molecular formula is C15H23N4O5S+. The Morgan fingerprint density at radius 2 is 1.80 bits per heavy atom. The number of piperazine rings is 1. The molecule has 2 fully saturated rings. The molecule has 25 heavy (non-hydrogen) atoms. The van der Waals surface area contributed by atoms with Gasteiger partial charge in [0.05, 0.1) is 57.1 Å². The van der Waals surface area contributed by atoms with Crippen LogP contribution in [0.25, 0.3) is 0 Å². The summed E-state index contributed by atoms with van der Waals surface area (Å²) in [6, 6.07) is 4.12. The van der Waals surface area contributed by atoms with Gasteiger partial charge in [0.15, 0.2) is 0 Å². The van der Waals surface area contributed by atoms with Crippen LogP contribution in [0.15, 0.2) is 23.1 Å². The summed E-state index contributed by atoms with van der Waals surface area (Å²) in [5.74, 6) is 0. The Morgan fingerprint density at radius 1 is 1.16 bits per heavy atom. The lowest BCUT2D eigenvalue weighted by atomic mass is 10.2. The van der Waals surface area contributed by atoms with Gasteiger partial charge >= 0.3 is 0 Å². The van der Waals surface area contributed by atoms with Crippen molar-refractivity contribution in [2.75, 3.05) is 64.4 Å². The Morgan fingerprint density at radius 3 is 2.40 bits per heavy atom. The fourth-order valence-corrected chi connectivity index (χ4v) is 4.78. The highest BCUT2D eigenvalue weighted by molar-refractivity contribution is 7.89. The smallest absolute Gasteiger partial charge is 0.270 e. The number of nitrogens with one attached hydrogen (secondary N) is 1. The first-order valence-electron chi connectivity index (χ1n) is 8.32. The summed E-state index contributed by atoms with van der Waals surface area (Å²) in [5, 5.41) is 11.1. The molecule has 0 radical (unpaired) electrons. The van der Waals surface area contributed by atoms with Gasteiger partial charge in [-0.3, -0.25) is 10.1 Å². The minimum absolute atomic E-state index is 0.0168. The second-order valence-electron chi connectivity index (χ2n) is 6.37. The number of nitro benzene ring substituents is 1. The molecule has 2 heterocycles. The van der Waals surface area contributed by atoms with Gasteiger partial charge in [-0.15, -0.1) is 0 Å². The first-order chi connectivity index (χ1) is 11.9. The highest BCUT2D eigenvalue weighted by atomic mass is 32.2. The fraction of sp³-hybridized carbons (Fsp3) is 0.600. The summed E-state index contributed by atoms with van der Waals surface area (Å²) in [7, 11) is -1.72. The summed E-state index contributed by atoms with van der Waals surface area (Å²) in [6.45, 7) is 4.42. The molecule has 2 saturated heterocycles. The number of hydrogen-bond donors (Lipinski definition) is 1. The van der Waals surface area contributed by atoms with Crippen LogP contribution in [0, 0.1) is 10.1 Å².